The minimum Gasteiger partial charge on any atom is -1.00 e. The van der Waals surface area contributed by atoms with E-state index in [0.29, 0.717) is 5.54 Å². The molecule has 0 radical (unpaired) electrons. The Morgan fingerprint density at radius 1 is 1.05 bits per heavy atom. The molecule has 0 N–H and O–H groups in total. The fourth-order valence-electron chi connectivity index (χ4n) is 2.78. The van der Waals surface area contributed by atoms with E-state index in [9.17, 15) is 0 Å². The van der Waals surface area contributed by atoms with Crippen molar-refractivity contribution >= 4 is 13.6 Å². The van der Waals surface area contributed by atoms with Crippen LogP contribution in [0.5, 0.6) is 0 Å². The molecule has 1 atom stereocenters. The van der Waals surface area contributed by atoms with Gasteiger partial charge in [0, 0.05) is 8.07 Å². The van der Waals surface area contributed by atoms with E-state index in [1.807, 2.05) is 6.07 Å². The summed E-state index contributed by atoms with van der Waals surface area (Å²) in [5.41, 5.74) is 6.61. The van der Waals surface area contributed by atoms with Crippen molar-refractivity contribution in [3.63, 3.8) is 0 Å². The second-order valence-electron chi connectivity index (χ2n) is 5.61. The van der Waals surface area contributed by atoms with Crippen molar-refractivity contribution in [2.75, 3.05) is 0 Å². The second kappa shape index (κ2) is 8.92. The molecule has 5 heteroatoms. The molecule has 0 heterocycles. The van der Waals surface area contributed by atoms with Crippen LogP contribution in [0.15, 0.2) is 23.8 Å². The van der Waals surface area contributed by atoms with E-state index in [2.05, 4.69) is 51.7 Å². The van der Waals surface area contributed by atoms with Gasteiger partial charge in [0.1, 0.15) is 0 Å². The third kappa shape index (κ3) is 4.62. The predicted molar refractivity (Wildman–Crippen MR) is 69.6 cm³/mol. The molecule has 1 aliphatic carbocycles. The zero-order chi connectivity index (χ0) is 11.2. The Morgan fingerprint density at radius 3 is 2.05 bits per heavy atom. The van der Waals surface area contributed by atoms with E-state index < -0.39 is 8.07 Å². The van der Waals surface area contributed by atoms with Crippen molar-refractivity contribution in [2.24, 2.45) is 0 Å². The molecule has 0 amide bonds. The van der Waals surface area contributed by atoms with Crippen molar-refractivity contribution < 1.29 is 58.9 Å². The quantitative estimate of drug-likeness (QED) is 0.345. The summed E-state index contributed by atoms with van der Waals surface area (Å²) in [7, 11) is -1.16. The zero-order valence-electron chi connectivity index (χ0n) is 11.9. The van der Waals surface area contributed by atoms with Gasteiger partial charge in [-0.15, -0.1) is 46.5 Å². The molecule has 2 rings (SSSR count). The summed E-state index contributed by atoms with van der Waals surface area (Å²) in [6, 6.07) is 9.83. The zero-order valence-corrected chi connectivity index (χ0v) is 16.8. The minimum atomic E-state index is -1.16. The van der Waals surface area contributed by atoms with Gasteiger partial charge in [0.05, 0.1) is 0 Å². The van der Waals surface area contributed by atoms with E-state index in [1.54, 1.807) is 5.57 Å². The average molecular weight is 370 g/mol. The number of hydrogen-bond donors (Lipinski definition) is 0. The predicted octanol–water partition coefficient (Wildman–Crippen LogP) is -4.74. The van der Waals surface area contributed by atoms with Crippen molar-refractivity contribution in [2.45, 2.75) is 39.0 Å². The Labute approximate surface area is 152 Å². The van der Waals surface area contributed by atoms with Gasteiger partial charge in [-0.05, 0) is 5.54 Å². The van der Waals surface area contributed by atoms with Crippen LogP contribution in [0.2, 0.25) is 19.6 Å². The molecule has 0 aromatic heterocycles. The summed E-state index contributed by atoms with van der Waals surface area (Å²) in [4.78, 5) is 0. The van der Waals surface area contributed by atoms with Gasteiger partial charge in [0.2, 0.25) is 0 Å². The topological polar surface area (TPSA) is 0 Å². The first-order chi connectivity index (χ1) is 6.93. The number of hydrogen-bond acceptors (Lipinski definition) is 0. The first kappa shape index (κ1) is 24.8. The van der Waals surface area contributed by atoms with Crippen LogP contribution in [0, 0.1) is 6.07 Å². The third-order valence-corrected chi connectivity index (χ3v) is 5.94. The van der Waals surface area contributed by atoms with Crippen molar-refractivity contribution in [1.82, 2.24) is 0 Å². The Balaban J connectivity index is -0.000000640. The maximum atomic E-state index is 3.40. The smallest absolute Gasteiger partial charge is 1.00 e. The van der Waals surface area contributed by atoms with Gasteiger partial charge >= 0.3 is 21.7 Å². The number of benzene rings is 1. The molecule has 0 saturated heterocycles. The number of rotatable bonds is 1. The van der Waals surface area contributed by atoms with Gasteiger partial charge in [-0.2, -0.15) is 0 Å². The third-order valence-electron chi connectivity index (χ3n) is 3.46. The molecule has 0 nitrogen and oxygen atoms in total. The maximum absolute atomic E-state index is 3.40. The molecule has 1 unspecified atom stereocenters. The average Bonchev–Trinajstić information content (AvgIpc) is 2.39. The van der Waals surface area contributed by atoms with Gasteiger partial charge in [0.25, 0.3) is 0 Å². The monoisotopic (exact) mass is 368 g/mol. The molecule has 0 aliphatic heterocycles. The molecule has 0 spiro atoms. The fraction of sp³-hybridized carbons (Fsp3) is 0.429. The summed E-state index contributed by atoms with van der Waals surface area (Å²) in [5.74, 6) is 0. The van der Waals surface area contributed by atoms with E-state index in [0.717, 1.165) is 0 Å². The largest absolute Gasteiger partial charge is 4.00 e. The Hall–Kier alpha value is 0.761. The minimum absolute atomic E-state index is 0. The number of halogens is 3. The van der Waals surface area contributed by atoms with Crippen LogP contribution >= 0.6 is 0 Å². The molecule has 104 valence electrons. The molecular weight excluding hydrogens is 350 g/mol. The van der Waals surface area contributed by atoms with Gasteiger partial charge in [-0.3, -0.25) is 0 Å². The Bertz CT molecular complexity index is 439. The first-order valence-corrected chi connectivity index (χ1v) is 9.19. The fourth-order valence-corrected chi connectivity index (χ4v) is 5.47. The maximum Gasteiger partial charge on any atom is 4.00 e. The number of allylic oxidation sites excluding steroid dienone is 2. The molecule has 0 saturated carbocycles. The van der Waals surface area contributed by atoms with Crippen LogP contribution < -0.4 is 37.2 Å². The van der Waals surface area contributed by atoms with Gasteiger partial charge in [-0.25, -0.2) is 0 Å². The summed E-state index contributed by atoms with van der Waals surface area (Å²) in [5, 5.41) is 0. The normalized spacial score (nSPS) is 16.4. The van der Waals surface area contributed by atoms with Crippen LogP contribution in [0.1, 0.15) is 30.5 Å². The SMILES string of the molecule is CC1=C(C)C([Si](C)(C)C)c2ccc[c-]c21.[Cl-].[Cl-].[Cl-].[Ti+4]. The van der Waals surface area contributed by atoms with E-state index in [1.165, 1.54) is 16.7 Å². The second-order valence-corrected chi connectivity index (χ2v) is 10.9. The Morgan fingerprint density at radius 2 is 1.58 bits per heavy atom. The molecule has 0 bridgehead atoms. The summed E-state index contributed by atoms with van der Waals surface area (Å²) in [6.45, 7) is 11.9. The van der Waals surface area contributed by atoms with E-state index >= 15 is 0 Å². The summed E-state index contributed by atoms with van der Waals surface area (Å²) in [6.07, 6.45) is 0. The van der Waals surface area contributed by atoms with Crippen molar-refractivity contribution in [3.8, 4) is 0 Å². The Kier molecular flexibility index (Phi) is 11.6. The summed E-state index contributed by atoms with van der Waals surface area (Å²) >= 11 is 0. The van der Waals surface area contributed by atoms with Crippen LogP contribution in [0.3, 0.4) is 0 Å². The molecule has 0 fully saturated rings. The van der Waals surface area contributed by atoms with E-state index in [4.69, 9.17) is 0 Å². The standard InChI is InChI=1S/C14H19Si.3ClH.Ti/c1-10-11(2)14(15(3,4)5)13-9-7-6-8-12(10)13;;;;/h6-7,9,14H,1-5H3;3*1H;/q-1;;;;+4/p-3. The molecule has 1 aromatic carbocycles. The van der Waals surface area contributed by atoms with Crippen molar-refractivity contribution in [3.05, 3.63) is 41.0 Å². The van der Waals surface area contributed by atoms with E-state index in [-0.39, 0.29) is 58.9 Å². The molecule has 19 heavy (non-hydrogen) atoms. The summed E-state index contributed by atoms with van der Waals surface area (Å²) < 4.78 is 0. The van der Waals surface area contributed by atoms with Crippen LogP contribution in [-0.2, 0) is 21.7 Å². The molecule has 1 aromatic rings. The molecule has 1 aliphatic rings. The number of fused-ring (bicyclic) bond motifs is 1. The molecular formula is C14H19Cl3SiTi. The van der Waals surface area contributed by atoms with Gasteiger partial charge in [0.15, 0.2) is 0 Å². The van der Waals surface area contributed by atoms with Crippen LogP contribution in [0.4, 0.5) is 0 Å². The van der Waals surface area contributed by atoms with Crippen LogP contribution in [-0.4, -0.2) is 8.07 Å². The first-order valence-electron chi connectivity index (χ1n) is 5.61. The van der Waals surface area contributed by atoms with Gasteiger partial charge < -0.3 is 37.2 Å². The van der Waals surface area contributed by atoms with Gasteiger partial charge in [-0.1, -0.05) is 33.5 Å². The van der Waals surface area contributed by atoms with Crippen LogP contribution in [0.25, 0.3) is 5.57 Å². The van der Waals surface area contributed by atoms with Crippen molar-refractivity contribution in [1.29, 1.82) is 0 Å².